The van der Waals surface area contributed by atoms with Crippen molar-refractivity contribution >= 4 is 23.8 Å². The highest BCUT2D eigenvalue weighted by molar-refractivity contribution is 6.35. The first kappa shape index (κ1) is 23.0. The summed E-state index contributed by atoms with van der Waals surface area (Å²) in [6.45, 7) is 1.42. The van der Waals surface area contributed by atoms with Crippen LogP contribution in [0.2, 0.25) is 0 Å². The molecular formula is C12H25N5O6. The van der Waals surface area contributed by atoms with Gasteiger partial charge in [0.15, 0.2) is 0 Å². The number of aliphatic carboxylic acids is 2. The van der Waals surface area contributed by atoms with Crippen LogP contribution in [0.3, 0.4) is 0 Å². The van der Waals surface area contributed by atoms with E-state index >= 15 is 0 Å². The molecule has 0 bridgehead atoms. The molecule has 1 heterocycles. The predicted octanol–water partition coefficient (Wildman–Crippen LogP) is -3.21. The first-order valence-electron chi connectivity index (χ1n) is 6.92. The van der Waals surface area contributed by atoms with Crippen LogP contribution in [0.4, 0.5) is 0 Å². The van der Waals surface area contributed by atoms with Gasteiger partial charge in [0.05, 0.1) is 6.54 Å². The van der Waals surface area contributed by atoms with E-state index in [9.17, 15) is 19.2 Å². The topological polar surface area (TPSA) is 211 Å². The fraction of sp³-hybridized carbons (Fsp3) is 0.667. The SMILES string of the molecule is NCC(=O)O.NCCCCC(N)C(=O)O.O=C1NCCNC1=O. The Bertz CT molecular complexity index is 374. The maximum Gasteiger partial charge on any atom is 0.320 e. The quantitative estimate of drug-likeness (QED) is 0.192. The fourth-order valence-electron chi connectivity index (χ4n) is 1.14. The second-order valence-electron chi connectivity index (χ2n) is 4.34. The third kappa shape index (κ3) is 16.0. The van der Waals surface area contributed by atoms with E-state index < -0.39 is 29.8 Å². The molecular weight excluding hydrogens is 310 g/mol. The van der Waals surface area contributed by atoms with Gasteiger partial charge in [0.2, 0.25) is 0 Å². The van der Waals surface area contributed by atoms with E-state index in [1.165, 1.54) is 0 Å². The molecule has 0 aromatic heterocycles. The van der Waals surface area contributed by atoms with Crippen LogP contribution in [-0.4, -0.2) is 66.2 Å². The number of nitrogens with two attached hydrogens (primary N) is 3. The summed E-state index contributed by atoms with van der Waals surface area (Å²) >= 11 is 0. The second kappa shape index (κ2) is 14.7. The number of hydrogen-bond donors (Lipinski definition) is 7. The van der Waals surface area contributed by atoms with Crippen molar-refractivity contribution in [2.24, 2.45) is 17.2 Å². The number of hydrogen-bond acceptors (Lipinski definition) is 7. The van der Waals surface area contributed by atoms with Crippen molar-refractivity contribution in [2.75, 3.05) is 26.2 Å². The molecule has 0 spiro atoms. The number of unbranched alkanes of at least 4 members (excludes halogenated alkanes) is 1. The Balaban J connectivity index is 0. The minimum atomic E-state index is -0.968. The van der Waals surface area contributed by atoms with Crippen molar-refractivity contribution in [3.8, 4) is 0 Å². The highest BCUT2D eigenvalue weighted by Gasteiger charge is 2.15. The molecule has 2 amide bonds. The van der Waals surface area contributed by atoms with E-state index in [0.29, 0.717) is 26.1 Å². The molecule has 1 aliphatic heterocycles. The Labute approximate surface area is 133 Å². The molecule has 1 unspecified atom stereocenters. The van der Waals surface area contributed by atoms with Crippen LogP contribution in [0.15, 0.2) is 0 Å². The summed E-state index contributed by atoms with van der Waals surface area (Å²) in [5.41, 5.74) is 15.0. The lowest BCUT2D eigenvalue weighted by Gasteiger charge is -2.10. The summed E-state index contributed by atoms with van der Waals surface area (Å²) in [5, 5.41) is 20.7. The zero-order chi connectivity index (χ0) is 18.3. The lowest BCUT2D eigenvalue weighted by Crippen LogP contribution is -2.49. The third-order valence-electron chi connectivity index (χ3n) is 2.36. The zero-order valence-corrected chi connectivity index (χ0v) is 12.8. The van der Waals surface area contributed by atoms with Crippen molar-refractivity contribution in [3.63, 3.8) is 0 Å². The monoisotopic (exact) mass is 335 g/mol. The van der Waals surface area contributed by atoms with E-state index in [0.717, 1.165) is 12.8 Å². The molecule has 1 fully saturated rings. The number of carboxylic acids is 2. The molecule has 0 aromatic carbocycles. The van der Waals surface area contributed by atoms with E-state index in [-0.39, 0.29) is 6.54 Å². The molecule has 0 aromatic rings. The molecule has 10 N–H and O–H groups in total. The Morgan fingerprint density at radius 2 is 1.48 bits per heavy atom. The summed E-state index contributed by atoms with van der Waals surface area (Å²) < 4.78 is 0. The largest absolute Gasteiger partial charge is 0.480 e. The summed E-state index contributed by atoms with van der Waals surface area (Å²) in [5.74, 6) is -2.96. The van der Waals surface area contributed by atoms with Gasteiger partial charge in [-0.1, -0.05) is 6.42 Å². The van der Waals surface area contributed by atoms with Crippen LogP contribution in [0, 0.1) is 0 Å². The Kier molecular flexibility index (Phi) is 14.7. The summed E-state index contributed by atoms with van der Waals surface area (Å²) in [6.07, 6.45) is 2.16. The molecule has 23 heavy (non-hydrogen) atoms. The number of carboxylic acid groups (broad SMARTS) is 2. The number of carbonyl (C=O) groups excluding carboxylic acids is 2. The van der Waals surface area contributed by atoms with Crippen LogP contribution >= 0.6 is 0 Å². The molecule has 11 nitrogen and oxygen atoms in total. The predicted molar refractivity (Wildman–Crippen MR) is 81.2 cm³/mol. The Morgan fingerprint density at radius 1 is 1.04 bits per heavy atom. The van der Waals surface area contributed by atoms with Gasteiger partial charge >= 0.3 is 23.8 Å². The molecule has 0 aliphatic carbocycles. The van der Waals surface area contributed by atoms with Crippen LogP contribution in [0.25, 0.3) is 0 Å². The van der Waals surface area contributed by atoms with Crippen molar-refractivity contribution in [1.82, 2.24) is 10.6 Å². The zero-order valence-electron chi connectivity index (χ0n) is 12.8. The Morgan fingerprint density at radius 3 is 1.74 bits per heavy atom. The van der Waals surface area contributed by atoms with Gasteiger partial charge in [0.1, 0.15) is 6.04 Å². The maximum atomic E-state index is 10.3. The first-order chi connectivity index (χ1) is 10.8. The molecule has 1 rings (SSSR count). The van der Waals surface area contributed by atoms with E-state index in [1.54, 1.807) is 0 Å². The van der Waals surface area contributed by atoms with Gasteiger partial charge in [-0.3, -0.25) is 19.2 Å². The summed E-state index contributed by atoms with van der Waals surface area (Å²) in [6, 6.07) is -0.716. The molecule has 0 saturated carbocycles. The molecule has 134 valence electrons. The van der Waals surface area contributed by atoms with Gasteiger partial charge in [-0.25, -0.2) is 0 Å². The highest BCUT2D eigenvalue weighted by atomic mass is 16.4. The van der Waals surface area contributed by atoms with Crippen LogP contribution < -0.4 is 27.8 Å². The number of amides is 2. The molecule has 0 radical (unpaired) electrons. The number of carbonyl (C=O) groups is 4. The Hall–Kier alpha value is -2.24. The van der Waals surface area contributed by atoms with Crippen molar-refractivity contribution in [2.45, 2.75) is 25.3 Å². The number of rotatable bonds is 6. The van der Waals surface area contributed by atoms with Crippen molar-refractivity contribution in [1.29, 1.82) is 0 Å². The lowest BCUT2D eigenvalue weighted by atomic mass is 10.1. The minimum Gasteiger partial charge on any atom is -0.480 e. The summed E-state index contributed by atoms with van der Waals surface area (Å²) in [7, 11) is 0. The number of piperazine rings is 1. The molecule has 1 aliphatic rings. The lowest BCUT2D eigenvalue weighted by molar-refractivity contribution is -0.140. The average Bonchev–Trinajstić information content (AvgIpc) is 2.51. The highest BCUT2D eigenvalue weighted by Crippen LogP contribution is 1.96. The molecule has 11 heteroatoms. The molecule has 1 saturated heterocycles. The first-order valence-corrected chi connectivity index (χ1v) is 6.92. The van der Waals surface area contributed by atoms with Gasteiger partial charge < -0.3 is 38.0 Å². The second-order valence-corrected chi connectivity index (χ2v) is 4.34. The average molecular weight is 335 g/mol. The maximum absolute atomic E-state index is 10.3. The van der Waals surface area contributed by atoms with E-state index in [1.807, 2.05) is 0 Å². The third-order valence-corrected chi connectivity index (χ3v) is 2.36. The molecule has 1 atom stereocenters. The van der Waals surface area contributed by atoms with Crippen molar-refractivity contribution < 1.29 is 29.4 Å². The van der Waals surface area contributed by atoms with Gasteiger partial charge in [-0.2, -0.15) is 0 Å². The van der Waals surface area contributed by atoms with Crippen LogP contribution in [0.1, 0.15) is 19.3 Å². The van der Waals surface area contributed by atoms with E-state index in [4.69, 9.17) is 21.7 Å². The standard InChI is InChI=1S/C6H14N2O2.C4H6N2O2.C2H5NO2/c7-4-2-1-3-5(8)6(9)10;7-3-4(8)6-2-1-5-3;3-1-2(4)5/h5H,1-4,7-8H2,(H,9,10);1-2H2,(H,5,7)(H,6,8);1,3H2,(H,4,5). The normalized spacial score (nSPS) is 14.0. The minimum absolute atomic E-state index is 0.278. The van der Waals surface area contributed by atoms with Gasteiger partial charge in [0, 0.05) is 13.1 Å². The number of nitrogens with one attached hydrogen (secondary N) is 2. The van der Waals surface area contributed by atoms with E-state index in [2.05, 4.69) is 16.4 Å². The van der Waals surface area contributed by atoms with Gasteiger partial charge in [-0.05, 0) is 19.4 Å². The van der Waals surface area contributed by atoms with Gasteiger partial charge in [-0.15, -0.1) is 0 Å². The van der Waals surface area contributed by atoms with Crippen LogP contribution in [-0.2, 0) is 19.2 Å². The summed E-state index contributed by atoms with van der Waals surface area (Å²) in [4.78, 5) is 39.9. The van der Waals surface area contributed by atoms with Crippen LogP contribution in [0.5, 0.6) is 0 Å². The van der Waals surface area contributed by atoms with Gasteiger partial charge in [0.25, 0.3) is 0 Å². The smallest absolute Gasteiger partial charge is 0.320 e. The fourth-order valence-corrected chi connectivity index (χ4v) is 1.14. The van der Waals surface area contributed by atoms with Crippen molar-refractivity contribution in [3.05, 3.63) is 0 Å².